The summed E-state index contributed by atoms with van der Waals surface area (Å²) in [6.07, 6.45) is 3.62. The van der Waals surface area contributed by atoms with Gasteiger partial charge in [0.05, 0.1) is 0 Å². The lowest BCUT2D eigenvalue weighted by Crippen LogP contribution is -2.47. The molecular weight excluding hydrogens is 224 g/mol. The molecule has 0 bridgehead atoms. The first-order chi connectivity index (χ1) is 8.44. The van der Waals surface area contributed by atoms with Gasteiger partial charge in [-0.3, -0.25) is 0 Å². The molecule has 0 aliphatic carbocycles. The largest absolute Gasteiger partial charge is 0.381 e. The molecule has 1 saturated heterocycles. The molecule has 3 heteroatoms. The van der Waals surface area contributed by atoms with E-state index in [1.165, 1.54) is 25.8 Å². The van der Waals surface area contributed by atoms with Gasteiger partial charge in [-0.15, -0.1) is 0 Å². The lowest BCUT2D eigenvalue weighted by Gasteiger charge is -2.33. The van der Waals surface area contributed by atoms with E-state index in [1.54, 1.807) is 0 Å². The maximum atomic E-state index is 5.42. The topological polar surface area (TPSA) is 24.5 Å². The molecule has 0 amide bonds. The minimum atomic E-state index is 0.258. The van der Waals surface area contributed by atoms with Gasteiger partial charge in [-0.2, -0.15) is 0 Å². The van der Waals surface area contributed by atoms with Crippen molar-refractivity contribution in [3.05, 3.63) is 0 Å². The van der Waals surface area contributed by atoms with Crippen LogP contribution in [0.25, 0.3) is 0 Å². The maximum Gasteiger partial charge on any atom is 0.0469 e. The Hall–Kier alpha value is -0.120. The molecule has 0 radical (unpaired) electrons. The molecule has 0 aromatic carbocycles. The van der Waals surface area contributed by atoms with Gasteiger partial charge in [0.25, 0.3) is 0 Å². The zero-order valence-corrected chi connectivity index (χ0v) is 13.0. The fraction of sp³-hybridized carbons (Fsp3) is 1.00. The minimum Gasteiger partial charge on any atom is -0.381 e. The van der Waals surface area contributed by atoms with E-state index in [-0.39, 0.29) is 5.54 Å². The third-order valence-corrected chi connectivity index (χ3v) is 4.40. The van der Waals surface area contributed by atoms with Crippen LogP contribution in [0.1, 0.15) is 47.0 Å². The summed E-state index contributed by atoms with van der Waals surface area (Å²) in [5.74, 6) is 0.824. The molecule has 1 rings (SSSR count). The summed E-state index contributed by atoms with van der Waals surface area (Å²) in [6.45, 7) is 13.3. The summed E-state index contributed by atoms with van der Waals surface area (Å²) in [4.78, 5) is 2.49. The lowest BCUT2D eigenvalue weighted by molar-refractivity contribution is 0.0509. The van der Waals surface area contributed by atoms with Gasteiger partial charge in [0, 0.05) is 37.9 Å². The third kappa shape index (κ3) is 5.68. The Balaban J connectivity index is 2.25. The van der Waals surface area contributed by atoms with Crippen molar-refractivity contribution in [1.29, 1.82) is 0 Å². The molecule has 1 unspecified atom stereocenters. The van der Waals surface area contributed by atoms with Gasteiger partial charge in [-0.05, 0) is 53.0 Å². The van der Waals surface area contributed by atoms with E-state index in [0.29, 0.717) is 6.04 Å². The molecule has 0 aromatic heterocycles. The number of nitrogens with one attached hydrogen (secondary N) is 1. The number of hydrogen-bond acceptors (Lipinski definition) is 3. The molecule has 18 heavy (non-hydrogen) atoms. The summed E-state index contributed by atoms with van der Waals surface area (Å²) in [7, 11) is 2.25. The fourth-order valence-corrected chi connectivity index (χ4v) is 2.22. The van der Waals surface area contributed by atoms with E-state index in [9.17, 15) is 0 Å². The van der Waals surface area contributed by atoms with Crippen LogP contribution in [-0.4, -0.2) is 49.8 Å². The fourth-order valence-electron chi connectivity index (χ4n) is 2.22. The van der Waals surface area contributed by atoms with Crippen LogP contribution in [0.15, 0.2) is 0 Å². The minimum absolute atomic E-state index is 0.258. The van der Waals surface area contributed by atoms with Crippen molar-refractivity contribution in [2.75, 3.05) is 33.4 Å². The summed E-state index contributed by atoms with van der Waals surface area (Å²) >= 11 is 0. The SMILES string of the molecule is CCC(C)(C)NCC(C)N(C)CC1CCOCC1. The molecule has 0 aromatic rings. The zero-order valence-electron chi connectivity index (χ0n) is 13.0. The average molecular weight is 256 g/mol. The average Bonchev–Trinajstić information content (AvgIpc) is 2.37. The van der Waals surface area contributed by atoms with E-state index in [2.05, 4.69) is 45.0 Å². The predicted octanol–water partition coefficient (Wildman–Crippen LogP) is 2.51. The molecule has 1 heterocycles. The Morgan fingerprint density at radius 1 is 1.33 bits per heavy atom. The van der Waals surface area contributed by atoms with Crippen molar-refractivity contribution in [3.63, 3.8) is 0 Å². The van der Waals surface area contributed by atoms with Crippen molar-refractivity contribution < 1.29 is 4.74 Å². The third-order valence-electron chi connectivity index (χ3n) is 4.40. The molecule has 3 nitrogen and oxygen atoms in total. The van der Waals surface area contributed by atoms with Gasteiger partial charge in [0.1, 0.15) is 0 Å². The molecule has 1 aliphatic heterocycles. The zero-order chi connectivity index (χ0) is 13.6. The summed E-state index contributed by atoms with van der Waals surface area (Å²) < 4.78 is 5.42. The second kappa shape index (κ2) is 7.46. The second-order valence-electron chi connectivity index (χ2n) is 6.46. The Kier molecular flexibility index (Phi) is 6.61. The number of likely N-dealkylation sites (N-methyl/N-ethyl adjacent to an activating group) is 1. The van der Waals surface area contributed by atoms with Crippen LogP contribution >= 0.6 is 0 Å². The first-order valence-corrected chi connectivity index (χ1v) is 7.47. The van der Waals surface area contributed by atoms with Crippen LogP contribution in [-0.2, 0) is 4.74 Å². The van der Waals surface area contributed by atoms with E-state index >= 15 is 0 Å². The van der Waals surface area contributed by atoms with Gasteiger partial charge in [-0.1, -0.05) is 6.92 Å². The quantitative estimate of drug-likeness (QED) is 0.757. The molecule has 1 N–H and O–H groups in total. The van der Waals surface area contributed by atoms with Crippen LogP contribution in [0, 0.1) is 5.92 Å². The second-order valence-corrected chi connectivity index (χ2v) is 6.46. The van der Waals surface area contributed by atoms with Gasteiger partial charge in [0.2, 0.25) is 0 Å². The number of hydrogen-bond donors (Lipinski definition) is 1. The molecule has 1 atom stereocenters. The monoisotopic (exact) mass is 256 g/mol. The molecule has 1 fully saturated rings. The van der Waals surface area contributed by atoms with Gasteiger partial charge < -0.3 is 15.0 Å². The number of rotatable bonds is 7. The van der Waals surface area contributed by atoms with Crippen molar-refractivity contribution >= 4 is 0 Å². The Morgan fingerprint density at radius 3 is 2.50 bits per heavy atom. The molecular formula is C15H32N2O. The van der Waals surface area contributed by atoms with Crippen molar-refractivity contribution in [3.8, 4) is 0 Å². The van der Waals surface area contributed by atoms with E-state index < -0.39 is 0 Å². The summed E-state index contributed by atoms with van der Waals surface area (Å²) in [6, 6.07) is 0.596. The van der Waals surface area contributed by atoms with E-state index in [0.717, 1.165) is 25.7 Å². The number of ether oxygens (including phenoxy) is 1. The lowest BCUT2D eigenvalue weighted by atomic mass is 9.99. The highest BCUT2D eigenvalue weighted by Crippen LogP contribution is 2.16. The first-order valence-electron chi connectivity index (χ1n) is 7.47. The Morgan fingerprint density at radius 2 is 1.94 bits per heavy atom. The number of nitrogens with zero attached hydrogens (tertiary/aromatic N) is 1. The standard InChI is InChI=1S/C15H32N2O/c1-6-15(3,4)16-11-13(2)17(5)12-14-7-9-18-10-8-14/h13-14,16H,6-12H2,1-5H3. The van der Waals surface area contributed by atoms with Crippen LogP contribution in [0.5, 0.6) is 0 Å². The van der Waals surface area contributed by atoms with Crippen LogP contribution < -0.4 is 5.32 Å². The normalized spacial score (nSPS) is 20.3. The van der Waals surface area contributed by atoms with Crippen molar-refractivity contribution in [2.45, 2.75) is 58.5 Å². The molecule has 108 valence electrons. The van der Waals surface area contributed by atoms with Gasteiger partial charge in [-0.25, -0.2) is 0 Å². The van der Waals surface area contributed by atoms with Gasteiger partial charge in [0.15, 0.2) is 0 Å². The first kappa shape index (κ1) is 15.9. The highest BCUT2D eigenvalue weighted by Gasteiger charge is 2.20. The van der Waals surface area contributed by atoms with Crippen molar-refractivity contribution in [1.82, 2.24) is 10.2 Å². The summed E-state index contributed by atoms with van der Waals surface area (Å²) in [5.41, 5.74) is 0.258. The van der Waals surface area contributed by atoms with Crippen LogP contribution in [0.3, 0.4) is 0 Å². The molecule has 0 spiro atoms. The Bertz CT molecular complexity index is 225. The Labute approximate surface area is 113 Å². The highest BCUT2D eigenvalue weighted by molar-refractivity contribution is 4.79. The maximum absolute atomic E-state index is 5.42. The van der Waals surface area contributed by atoms with Crippen molar-refractivity contribution in [2.24, 2.45) is 5.92 Å². The summed E-state index contributed by atoms with van der Waals surface area (Å²) in [5, 5.41) is 3.66. The predicted molar refractivity (Wildman–Crippen MR) is 78.0 cm³/mol. The van der Waals surface area contributed by atoms with Crippen LogP contribution in [0.2, 0.25) is 0 Å². The van der Waals surface area contributed by atoms with Gasteiger partial charge >= 0.3 is 0 Å². The van der Waals surface area contributed by atoms with E-state index in [4.69, 9.17) is 4.74 Å². The highest BCUT2D eigenvalue weighted by atomic mass is 16.5. The smallest absolute Gasteiger partial charge is 0.0469 e. The molecule has 0 saturated carbocycles. The molecule has 1 aliphatic rings. The van der Waals surface area contributed by atoms with E-state index in [1.807, 2.05) is 0 Å². The van der Waals surface area contributed by atoms with Crippen LogP contribution in [0.4, 0.5) is 0 Å².